The van der Waals surface area contributed by atoms with Crippen LogP contribution in [0, 0.1) is 0 Å². The molecule has 0 saturated heterocycles. The topological polar surface area (TPSA) is 20.2 Å². The van der Waals surface area contributed by atoms with Gasteiger partial charge in [0.1, 0.15) is 5.75 Å². The number of rotatable bonds is 0. The smallest absolute Gasteiger partial charge is 0.115 e. The summed E-state index contributed by atoms with van der Waals surface area (Å²) in [6.45, 7) is 0. The van der Waals surface area contributed by atoms with E-state index in [1.165, 1.54) is 17.5 Å². The number of hydrogen-bond acceptors (Lipinski definition) is 1. The van der Waals surface area contributed by atoms with E-state index in [1.807, 2.05) is 12.1 Å². The summed E-state index contributed by atoms with van der Waals surface area (Å²) in [7, 11) is 0. The van der Waals surface area contributed by atoms with Crippen LogP contribution in [-0.2, 0) is 12.8 Å². The first-order valence-electron chi connectivity index (χ1n) is 3.17. The van der Waals surface area contributed by atoms with Crippen molar-refractivity contribution in [2.45, 2.75) is 12.8 Å². The van der Waals surface area contributed by atoms with Crippen LogP contribution in [0.1, 0.15) is 11.1 Å². The molecule has 0 aromatic heterocycles. The van der Waals surface area contributed by atoms with Crippen molar-refractivity contribution < 1.29 is 5.11 Å². The molecule has 0 atom stereocenters. The van der Waals surface area contributed by atoms with E-state index in [0.29, 0.717) is 5.75 Å². The van der Waals surface area contributed by atoms with Gasteiger partial charge in [-0.15, -0.1) is 12.4 Å². The van der Waals surface area contributed by atoms with E-state index < -0.39 is 0 Å². The normalized spacial score (nSPS) is 12.8. The maximum Gasteiger partial charge on any atom is 0.115 e. The van der Waals surface area contributed by atoms with Crippen molar-refractivity contribution in [3.05, 3.63) is 29.3 Å². The van der Waals surface area contributed by atoms with Crippen molar-refractivity contribution in [1.82, 2.24) is 0 Å². The number of phenols is 1. The first-order chi connectivity index (χ1) is 4.36. The molecule has 0 unspecified atom stereocenters. The molecule has 0 saturated carbocycles. The minimum atomic E-state index is 0. The molecule has 0 aliphatic heterocycles. The number of hydrogen-bond donors (Lipinski definition) is 1. The summed E-state index contributed by atoms with van der Waals surface area (Å²) in [5, 5.41) is 8.97. The van der Waals surface area contributed by atoms with Crippen molar-refractivity contribution >= 4 is 12.4 Å². The fourth-order valence-corrected chi connectivity index (χ4v) is 1.18. The SMILES string of the molecule is Cl.Oc1ccc2c(c1)CC2. The summed E-state index contributed by atoms with van der Waals surface area (Å²) in [6, 6.07) is 5.59. The van der Waals surface area contributed by atoms with Gasteiger partial charge >= 0.3 is 0 Å². The van der Waals surface area contributed by atoms with Crippen LogP contribution in [0.5, 0.6) is 5.75 Å². The molecule has 0 bridgehead atoms. The summed E-state index contributed by atoms with van der Waals surface area (Å²) in [5.74, 6) is 0.397. The molecule has 0 spiro atoms. The maximum atomic E-state index is 8.97. The molecule has 0 fully saturated rings. The van der Waals surface area contributed by atoms with Gasteiger partial charge in [-0.1, -0.05) is 6.07 Å². The second-order valence-corrected chi connectivity index (χ2v) is 2.45. The Hall–Kier alpha value is -0.690. The zero-order valence-corrected chi connectivity index (χ0v) is 6.32. The minimum absolute atomic E-state index is 0. The van der Waals surface area contributed by atoms with E-state index in [-0.39, 0.29) is 12.4 Å². The Morgan fingerprint density at radius 3 is 2.20 bits per heavy atom. The first kappa shape index (κ1) is 7.42. The first-order valence-corrected chi connectivity index (χ1v) is 3.17. The molecule has 2 rings (SSSR count). The van der Waals surface area contributed by atoms with E-state index in [0.717, 1.165) is 6.42 Å². The average Bonchev–Trinajstić information content (AvgIpc) is 1.78. The highest BCUT2D eigenvalue weighted by atomic mass is 35.5. The van der Waals surface area contributed by atoms with Crippen molar-refractivity contribution in [1.29, 1.82) is 0 Å². The summed E-state index contributed by atoms with van der Waals surface area (Å²) >= 11 is 0. The van der Waals surface area contributed by atoms with Crippen LogP contribution in [0.2, 0.25) is 0 Å². The van der Waals surface area contributed by atoms with Gasteiger partial charge in [-0.2, -0.15) is 0 Å². The zero-order chi connectivity index (χ0) is 6.27. The van der Waals surface area contributed by atoms with Crippen LogP contribution >= 0.6 is 12.4 Å². The molecule has 1 aromatic rings. The molecular formula is C8H9ClO. The maximum absolute atomic E-state index is 8.97. The molecule has 2 heteroatoms. The predicted octanol–water partition coefficient (Wildman–Crippen LogP) is 1.91. The summed E-state index contributed by atoms with van der Waals surface area (Å²) in [4.78, 5) is 0. The fraction of sp³-hybridized carbons (Fsp3) is 0.250. The highest BCUT2D eigenvalue weighted by Crippen LogP contribution is 2.25. The van der Waals surface area contributed by atoms with E-state index >= 15 is 0 Å². The van der Waals surface area contributed by atoms with Crippen LogP contribution in [0.4, 0.5) is 0 Å². The third-order valence-corrected chi connectivity index (χ3v) is 1.85. The lowest BCUT2D eigenvalue weighted by Gasteiger charge is -2.17. The average molecular weight is 157 g/mol. The van der Waals surface area contributed by atoms with Crippen LogP contribution in [0.15, 0.2) is 18.2 Å². The Morgan fingerprint density at radius 1 is 1.10 bits per heavy atom. The third-order valence-electron chi connectivity index (χ3n) is 1.85. The molecule has 0 amide bonds. The van der Waals surface area contributed by atoms with Gasteiger partial charge in [0.15, 0.2) is 0 Å². The zero-order valence-electron chi connectivity index (χ0n) is 5.50. The van der Waals surface area contributed by atoms with E-state index in [4.69, 9.17) is 5.11 Å². The Bertz CT molecular complexity index is 245. The van der Waals surface area contributed by atoms with Crippen LogP contribution in [0.3, 0.4) is 0 Å². The number of phenolic OH excluding ortho intramolecular Hbond substituents is 1. The quantitative estimate of drug-likeness (QED) is 0.609. The number of halogens is 1. The van der Waals surface area contributed by atoms with Crippen molar-refractivity contribution in [3.63, 3.8) is 0 Å². The van der Waals surface area contributed by atoms with Crippen LogP contribution in [0.25, 0.3) is 0 Å². The molecule has 1 aliphatic rings. The molecule has 1 aliphatic carbocycles. The number of benzene rings is 1. The Balaban J connectivity index is 0.000000500. The lowest BCUT2D eigenvalue weighted by atomic mass is 9.89. The molecule has 0 radical (unpaired) electrons. The number of aryl methyl sites for hydroxylation is 2. The number of aromatic hydroxyl groups is 1. The van der Waals surface area contributed by atoms with Gasteiger partial charge in [-0.3, -0.25) is 0 Å². The molecular weight excluding hydrogens is 148 g/mol. The van der Waals surface area contributed by atoms with Gasteiger partial charge in [0.05, 0.1) is 0 Å². The van der Waals surface area contributed by atoms with Crippen LogP contribution in [-0.4, -0.2) is 5.11 Å². The van der Waals surface area contributed by atoms with Gasteiger partial charge in [0, 0.05) is 0 Å². The highest BCUT2D eigenvalue weighted by Gasteiger charge is 2.11. The largest absolute Gasteiger partial charge is 0.508 e. The van der Waals surface area contributed by atoms with E-state index in [1.54, 1.807) is 6.07 Å². The van der Waals surface area contributed by atoms with Crippen LogP contribution < -0.4 is 0 Å². The Labute approximate surface area is 66.1 Å². The molecule has 10 heavy (non-hydrogen) atoms. The monoisotopic (exact) mass is 156 g/mol. The van der Waals surface area contributed by atoms with Crippen molar-refractivity contribution in [3.8, 4) is 5.75 Å². The molecule has 1 nitrogen and oxygen atoms in total. The summed E-state index contributed by atoms with van der Waals surface area (Å²) < 4.78 is 0. The highest BCUT2D eigenvalue weighted by molar-refractivity contribution is 5.85. The van der Waals surface area contributed by atoms with Gasteiger partial charge < -0.3 is 5.11 Å². The second-order valence-electron chi connectivity index (χ2n) is 2.45. The minimum Gasteiger partial charge on any atom is -0.508 e. The van der Waals surface area contributed by atoms with Gasteiger partial charge in [0.25, 0.3) is 0 Å². The second kappa shape index (κ2) is 2.51. The van der Waals surface area contributed by atoms with Crippen molar-refractivity contribution in [2.24, 2.45) is 0 Å². The van der Waals surface area contributed by atoms with Crippen molar-refractivity contribution in [2.75, 3.05) is 0 Å². The summed E-state index contributed by atoms with van der Waals surface area (Å²) in [5.41, 5.74) is 2.71. The molecule has 1 N–H and O–H groups in total. The fourth-order valence-electron chi connectivity index (χ4n) is 1.18. The lowest BCUT2D eigenvalue weighted by Crippen LogP contribution is -2.06. The molecule has 54 valence electrons. The van der Waals surface area contributed by atoms with E-state index in [9.17, 15) is 0 Å². The van der Waals surface area contributed by atoms with E-state index in [2.05, 4.69) is 0 Å². The van der Waals surface area contributed by atoms with Gasteiger partial charge in [-0.05, 0) is 36.1 Å². The summed E-state index contributed by atoms with van der Waals surface area (Å²) in [6.07, 6.45) is 2.33. The lowest BCUT2D eigenvalue weighted by molar-refractivity contribution is 0.473. The van der Waals surface area contributed by atoms with Gasteiger partial charge in [-0.25, -0.2) is 0 Å². The molecule has 0 heterocycles. The van der Waals surface area contributed by atoms with Gasteiger partial charge in [0.2, 0.25) is 0 Å². The number of fused-ring (bicyclic) bond motifs is 1. The predicted molar refractivity (Wildman–Crippen MR) is 42.8 cm³/mol. The Morgan fingerprint density at radius 2 is 1.80 bits per heavy atom. The molecule has 1 aromatic carbocycles. The Kier molecular flexibility index (Phi) is 1.86. The standard InChI is InChI=1S/C8H8O.ClH/c9-8-4-3-6-1-2-7(6)5-8;/h3-5,9H,1-2H2;1H. The third kappa shape index (κ3) is 0.971.